The van der Waals surface area contributed by atoms with Crippen LogP contribution in [0.1, 0.15) is 19.8 Å². The molecule has 1 aromatic rings. The highest BCUT2D eigenvalue weighted by Gasteiger charge is 2.23. The second-order valence-corrected chi connectivity index (χ2v) is 5.55. The van der Waals surface area contributed by atoms with E-state index in [1.54, 1.807) is 11.3 Å². The predicted octanol–water partition coefficient (Wildman–Crippen LogP) is 2.72. The van der Waals surface area contributed by atoms with E-state index in [0.717, 1.165) is 24.6 Å². The van der Waals surface area contributed by atoms with Gasteiger partial charge in [-0.25, -0.2) is 4.98 Å². The minimum Gasteiger partial charge on any atom is -0.344 e. The number of rotatable bonds is 2. The first-order chi connectivity index (χ1) is 7.70. The van der Waals surface area contributed by atoms with Gasteiger partial charge < -0.3 is 9.80 Å². The van der Waals surface area contributed by atoms with Crippen molar-refractivity contribution in [1.82, 2.24) is 9.88 Å². The van der Waals surface area contributed by atoms with Gasteiger partial charge in [-0.3, -0.25) is 0 Å². The topological polar surface area (TPSA) is 19.4 Å². The molecule has 0 amide bonds. The number of hydrogen-bond donors (Lipinski definition) is 0. The molecule has 1 atom stereocenters. The van der Waals surface area contributed by atoms with Crippen molar-refractivity contribution in [2.75, 3.05) is 31.6 Å². The maximum atomic E-state index is 5.90. The lowest BCUT2D eigenvalue weighted by Crippen LogP contribution is -2.39. The molecule has 2 heterocycles. The van der Waals surface area contributed by atoms with Crippen molar-refractivity contribution in [2.24, 2.45) is 0 Å². The molecule has 1 aliphatic heterocycles. The first-order valence-corrected chi connectivity index (χ1v) is 7.02. The Morgan fingerprint density at radius 2 is 2.38 bits per heavy atom. The number of likely N-dealkylation sites (N-methyl/N-ethyl adjacent to an activating group) is 1. The van der Waals surface area contributed by atoms with Crippen LogP contribution in [0.4, 0.5) is 5.13 Å². The summed E-state index contributed by atoms with van der Waals surface area (Å²) >= 11 is 7.55. The Hall–Kier alpha value is -0.320. The van der Waals surface area contributed by atoms with Crippen LogP contribution in [-0.4, -0.2) is 42.6 Å². The van der Waals surface area contributed by atoms with Gasteiger partial charge >= 0.3 is 0 Å². The fourth-order valence-corrected chi connectivity index (χ4v) is 3.27. The molecule has 90 valence electrons. The summed E-state index contributed by atoms with van der Waals surface area (Å²) in [6, 6.07) is 0.565. The average molecular weight is 260 g/mol. The molecule has 1 aromatic heterocycles. The van der Waals surface area contributed by atoms with Crippen molar-refractivity contribution < 1.29 is 0 Å². The number of anilines is 1. The summed E-state index contributed by atoms with van der Waals surface area (Å²) in [7, 11) is 2.20. The summed E-state index contributed by atoms with van der Waals surface area (Å²) < 4.78 is 0. The van der Waals surface area contributed by atoms with Crippen molar-refractivity contribution >= 4 is 28.1 Å². The standard InChI is InChI=1S/C11H18ClN3S/c1-3-9-7-14(2)5-4-6-15(9)11-13-10(12)8-16-11/h8-9H,3-7H2,1-2H3. The van der Waals surface area contributed by atoms with Crippen molar-refractivity contribution in [3.05, 3.63) is 10.5 Å². The van der Waals surface area contributed by atoms with Gasteiger partial charge in [0.15, 0.2) is 5.13 Å². The quantitative estimate of drug-likeness (QED) is 0.814. The highest BCUT2D eigenvalue weighted by molar-refractivity contribution is 7.14. The smallest absolute Gasteiger partial charge is 0.187 e. The molecule has 1 fully saturated rings. The third-order valence-electron chi connectivity index (χ3n) is 3.08. The highest BCUT2D eigenvalue weighted by Crippen LogP contribution is 2.27. The molecule has 0 bridgehead atoms. The van der Waals surface area contributed by atoms with Crippen LogP contribution in [0.2, 0.25) is 5.15 Å². The van der Waals surface area contributed by atoms with Gasteiger partial charge in [-0.2, -0.15) is 0 Å². The van der Waals surface area contributed by atoms with Gasteiger partial charge in [0, 0.05) is 24.5 Å². The first-order valence-electron chi connectivity index (χ1n) is 5.77. The van der Waals surface area contributed by atoms with Gasteiger partial charge in [0.1, 0.15) is 5.15 Å². The zero-order chi connectivity index (χ0) is 11.5. The first kappa shape index (κ1) is 12.1. The second kappa shape index (κ2) is 5.34. The van der Waals surface area contributed by atoms with E-state index in [0.29, 0.717) is 11.2 Å². The molecule has 0 aliphatic carbocycles. The van der Waals surface area contributed by atoms with Gasteiger partial charge in [0.25, 0.3) is 0 Å². The average Bonchev–Trinajstić information content (AvgIpc) is 2.58. The van der Waals surface area contributed by atoms with E-state index < -0.39 is 0 Å². The van der Waals surface area contributed by atoms with Crippen LogP contribution in [-0.2, 0) is 0 Å². The number of thiazole rings is 1. The lowest BCUT2D eigenvalue weighted by Gasteiger charge is -2.29. The fourth-order valence-electron chi connectivity index (χ4n) is 2.22. The summed E-state index contributed by atoms with van der Waals surface area (Å²) in [5, 5.41) is 3.61. The van der Waals surface area contributed by atoms with E-state index >= 15 is 0 Å². The fraction of sp³-hybridized carbons (Fsp3) is 0.727. The summed E-state index contributed by atoms with van der Waals surface area (Å²) in [6.45, 7) is 5.62. The highest BCUT2D eigenvalue weighted by atomic mass is 35.5. The minimum atomic E-state index is 0.565. The van der Waals surface area contributed by atoms with E-state index in [1.807, 2.05) is 5.38 Å². The normalized spacial score (nSPS) is 23.4. The number of hydrogen-bond acceptors (Lipinski definition) is 4. The molecule has 1 saturated heterocycles. The molecule has 16 heavy (non-hydrogen) atoms. The van der Waals surface area contributed by atoms with Crippen LogP contribution in [0.5, 0.6) is 0 Å². The molecule has 0 spiro atoms. The summed E-state index contributed by atoms with van der Waals surface area (Å²) in [5.74, 6) is 0. The van der Waals surface area contributed by atoms with Crippen LogP contribution in [0.15, 0.2) is 5.38 Å². The minimum absolute atomic E-state index is 0.565. The van der Waals surface area contributed by atoms with Crippen molar-refractivity contribution in [3.8, 4) is 0 Å². The molecule has 2 rings (SSSR count). The van der Waals surface area contributed by atoms with E-state index in [1.165, 1.54) is 13.0 Å². The molecule has 1 unspecified atom stereocenters. The summed E-state index contributed by atoms with van der Waals surface area (Å²) in [6.07, 6.45) is 2.35. The van der Waals surface area contributed by atoms with Gasteiger partial charge in [0.05, 0.1) is 0 Å². The Morgan fingerprint density at radius 1 is 1.56 bits per heavy atom. The molecule has 0 saturated carbocycles. The van der Waals surface area contributed by atoms with Gasteiger partial charge in [-0.15, -0.1) is 11.3 Å². The third-order valence-corrected chi connectivity index (χ3v) is 4.28. The lowest BCUT2D eigenvalue weighted by atomic mass is 10.2. The number of halogens is 1. The molecule has 0 radical (unpaired) electrons. The van der Waals surface area contributed by atoms with Crippen LogP contribution < -0.4 is 4.90 Å². The van der Waals surface area contributed by atoms with Gasteiger partial charge in [0.2, 0.25) is 0 Å². The van der Waals surface area contributed by atoms with Crippen molar-refractivity contribution in [3.63, 3.8) is 0 Å². The molecule has 0 N–H and O–H groups in total. The monoisotopic (exact) mass is 259 g/mol. The predicted molar refractivity (Wildman–Crippen MR) is 70.7 cm³/mol. The summed E-state index contributed by atoms with van der Waals surface area (Å²) in [5.41, 5.74) is 0. The maximum Gasteiger partial charge on any atom is 0.187 e. The summed E-state index contributed by atoms with van der Waals surface area (Å²) in [4.78, 5) is 9.21. The number of aromatic nitrogens is 1. The zero-order valence-corrected chi connectivity index (χ0v) is 11.4. The SMILES string of the molecule is CCC1CN(C)CCCN1c1nc(Cl)cs1. The Balaban J connectivity index is 2.17. The molecule has 5 heteroatoms. The lowest BCUT2D eigenvalue weighted by molar-refractivity contribution is 0.328. The van der Waals surface area contributed by atoms with Crippen LogP contribution in [0.25, 0.3) is 0 Å². The third kappa shape index (κ3) is 2.67. The molecular formula is C11H18ClN3S. The van der Waals surface area contributed by atoms with E-state index in [9.17, 15) is 0 Å². The molecule has 1 aliphatic rings. The Labute approximate surface area is 106 Å². The second-order valence-electron chi connectivity index (χ2n) is 4.32. The Bertz CT molecular complexity index is 342. The largest absolute Gasteiger partial charge is 0.344 e. The molecular weight excluding hydrogens is 242 g/mol. The van der Waals surface area contributed by atoms with Crippen LogP contribution in [0, 0.1) is 0 Å². The van der Waals surface area contributed by atoms with Gasteiger partial charge in [-0.05, 0) is 26.4 Å². The van der Waals surface area contributed by atoms with Crippen molar-refractivity contribution in [2.45, 2.75) is 25.8 Å². The van der Waals surface area contributed by atoms with Crippen molar-refractivity contribution in [1.29, 1.82) is 0 Å². The van der Waals surface area contributed by atoms with E-state index in [4.69, 9.17) is 11.6 Å². The van der Waals surface area contributed by atoms with E-state index in [-0.39, 0.29) is 0 Å². The van der Waals surface area contributed by atoms with E-state index in [2.05, 4.69) is 28.8 Å². The Kier molecular flexibility index (Phi) is 4.05. The van der Waals surface area contributed by atoms with Crippen LogP contribution in [0.3, 0.4) is 0 Å². The zero-order valence-electron chi connectivity index (χ0n) is 9.82. The molecule has 3 nitrogen and oxygen atoms in total. The Morgan fingerprint density at radius 3 is 3.00 bits per heavy atom. The van der Waals surface area contributed by atoms with Gasteiger partial charge in [-0.1, -0.05) is 18.5 Å². The molecule has 0 aromatic carbocycles. The maximum absolute atomic E-state index is 5.90. The number of nitrogens with zero attached hydrogens (tertiary/aromatic N) is 3. The van der Waals surface area contributed by atoms with Crippen LogP contribution >= 0.6 is 22.9 Å².